The number of carboxylic acid groups (broad SMARTS) is 2. The van der Waals surface area contributed by atoms with Crippen LogP contribution < -0.4 is 4.74 Å². The molecule has 0 aliphatic rings. The summed E-state index contributed by atoms with van der Waals surface area (Å²) in [5.74, 6) is -2.24. The maximum absolute atomic E-state index is 10.6. The van der Waals surface area contributed by atoms with E-state index in [2.05, 4.69) is 11.8 Å². The van der Waals surface area contributed by atoms with Gasteiger partial charge in [0, 0.05) is 18.2 Å². The summed E-state index contributed by atoms with van der Waals surface area (Å²) in [4.78, 5) is 31.8. The highest BCUT2D eigenvalue weighted by molar-refractivity contribution is 5.83. The molecule has 0 heterocycles. The molecule has 0 bridgehead atoms. The second kappa shape index (κ2) is 11.6. The van der Waals surface area contributed by atoms with Crippen LogP contribution in [0.15, 0.2) is 48.5 Å². The fraction of sp³-hybridized carbons (Fsp3) is 0.300. The molecular weight excluding hydrogens is 412 g/mol. The number of aliphatic carboxylic acids is 2. The Hall–Kier alpha value is -3.54. The van der Waals surface area contributed by atoms with E-state index in [0.717, 1.165) is 11.3 Å². The van der Waals surface area contributed by atoms with Gasteiger partial charge in [-0.25, -0.2) is 9.59 Å². The topological polar surface area (TPSA) is 171 Å². The van der Waals surface area contributed by atoms with Crippen molar-refractivity contribution in [3.63, 3.8) is 0 Å². The van der Waals surface area contributed by atoms with Crippen molar-refractivity contribution in [2.75, 3.05) is 14.1 Å². The van der Waals surface area contributed by atoms with E-state index < -0.39 is 29.1 Å². The lowest BCUT2D eigenvalue weighted by Gasteiger charge is -2.20. The Labute approximate surface area is 177 Å². The summed E-state index contributed by atoms with van der Waals surface area (Å²) in [5, 5.41) is 43.1. The van der Waals surface area contributed by atoms with Crippen LogP contribution in [0.25, 0.3) is 0 Å². The van der Waals surface area contributed by atoms with Crippen molar-refractivity contribution in [3.05, 3.63) is 64.2 Å². The van der Waals surface area contributed by atoms with Crippen molar-refractivity contribution in [2.24, 2.45) is 0 Å². The first-order chi connectivity index (χ1) is 14.4. The van der Waals surface area contributed by atoms with Crippen LogP contribution in [-0.2, 0) is 9.59 Å². The molecule has 0 aliphatic heterocycles. The van der Waals surface area contributed by atoms with Crippen molar-refractivity contribution in [1.29, 1.82) is 0 Å². The molecule has 0 aliphatic carbocycles. The molecule has 11 heteroatoms. The van der Waals surface area contributed by atoms with Gasteiger partial charge >= 0.3 is 11.9 Å². The lowest BCUT2D eigenvalue weighted by molar-refractivity contribution is -0.384. The number of benzene rings is 2. The van der Waals surface area contributed by atoms with E-state index in [-0.39, 0.29) is 11.7 Å². The van der Waals surface area contributed by atoms with Gasteiger partial charge in [-0.05, 0) is 50.8 Å². The van der Waals surface area contributed by atoms with E-state index in [1.165, 1.54) is 12.1 Å². The lowest BCUT2D eigenvalue weighted by Crippen LogP contribution is -2.39. The highest BCUT2D eigenvalue weighted by atomic mass is 16.6. The molecule has 2 rings (SSSR count). The maximum atomic E-state index is 10.6. The van der Waals surface area contributed by atoms with Crippen LogP contribution in [0.4, 0.5) is 5.69 Å². The SMILES string of the molecule is C[C@@H](c1cccc(Oc2ccc([N+](=O)[O-])cc2)c1)N(C)C.O=C(O)[C@@H](O)[C@H](O)C(=O)O. The summed E-state index contributed by atoms with van der Waals surface area (Å²) in [6, 6.07) is 14.2. The van der Waals surface area contributed by atoms with Gasteiger partial charge in [-0.3, -0.25) is 10.1 Å². The summed E-state index contributed by atoms with van der Waals surface area (Å²) in [6.07, 6.45) is -4.53. The molecule has 0 fully saturated rings. The zero-order valence-corrected chi connectivity index (χ0v) is 17.1. The number of nitro groups is 1. The number of carbonyl (C=O) groups is 2. The minimum absolute atomic E-state index is 0.0531. The fourth-order valence-corrected chi connectivity index (χ4v) is 2.18. The van der Waals surface area contributed by atoms with E-state index in [1.807, 2.05) is 38.4 Å². The van der Waals surface area contributed by atoms with Crippen LogP contribution in [-0.4, -0.2) is 68.5 Å². The zero-order chi connectivity index (χ0) is 23.7. The van der Waals surface area contributed by atoms with Gasteiger partial charge < -0.3 is 30.1 Å². The van der Waals surface area contributed by atoms with Crippen LogP contribution in [0.5, 0.6) is 11.5 Å². The fourth-order valence-electron chi connectivity index (χ4n) is 2.18. The summed E-state index contributed by atoms with van der Waals surface area (Å²) >= 11 is 0. The van der Waals surface area contributed by atoms with Crippen molar-refractivity contribution in [1.82, 2.24) is 4.90 Å². The molecule has 3 atom stereocenters. The van der Waals surface area contributed by atoms with Crippen molar-refractivity contribution < 1.29 is 39.7 Å². The number of aliphatic hydroxyl groups excluding tert-OH is 2. The average Bonchev–Trinajstić information content (AvgIpc) is 2.72. The Morgan fingerprint density at radius 3 is 1.90 bits per heavy atom. The minimum atomic E-state index is -2.27. The number of non-ortho nitro benzene ring substituents is 1. The number of aliphatic hydroxyl groups is 2. The quantitative estimate of drug-likeness (QED) is 0.354. The number of carboxylic acids is 2. The first-order valence-electron chi connectivity index (χ1n) is 8.94. The lowest BCUT2D eigenvalue weighted by atomic mass is 10.1. The molecule has 0 saturated heterocycles. The Bertz CT molecular complexity index is 882. The molecule has 0 aromatic heterocycles. The maximum Gasteiger partial charge on any atom is 0.335 e. The molecular formula is C20H24N2O9. The highest BCUT2D eigenvalue weighted by Gasteiger charge is 2.29. The summed E-state index contributed by atoms with van der Waals surface area (Å²) in [6.45, 7) is 2.12. The van der Waals surface area contributed by atoms with Crippen molar-refractivity contribution in [2.45, 2.75) is 25.2 Å². The molecule has 31 heavy (non-hydrogen) atoms. The van der Waals surface area contributed by atoms with Gasteiger partial charge in [0.1, 0.15) is 11.5 Å². The van der Waals surface area contributed by atoms with Crippen molar-refractivity contribution >= 4 is 17.6 Å². The predicted molar refractivity (Wildman–Crippen MR) is 109 cm³/mol. The predicted octanol–water partition coefficient (Wildman–Crippen LogP) is 1.89. The van der Waals surface area contributed by atoms with Crippen LogP contribution in [0.1, 0.15) is 18.5 Å². The Morgan fingerprint density at radius 2 is 1.48 bits per heavy atom. The highest BCUT2D eigenvalue weighted by Crippen LogP contribution is 2.27. The summed E-state index contributed by atoms with van der Waals surface area (Å²) in [5.41, 5.74) is 1.21. The molecule has 2 aromatic rings. The normalized spacial score (nSPS) is 13.4. The second-order valence-corrected chi connectivity index (χ2v) is 6.63. The first kappa shape index (κ1) is 25.5. The third-order valence-electron chi connectivity index (χ3n) is 4.20. The molecule has 0 saturated carbocycles. The minimum Gasteiger partial charge on any atom is -0.479 e. The third kappa shape index (κ3) is 8.01. The van der Waals surface area contributed by atoms with E-state index in [0.29, 0.717) is 5.75 Å². The van der Waals surface area contributed by atoms with Gasteiger partial charge in [0.25, 0.3) is 5.69 Å². The van der Waals surface area contributed by atoms with E-state index >= 15 is 0 Å². The summed E-state index contributed by atoms with van der Waals surface area (Å²) in [7, 11) is 4.04. The number of ether oxygens (including phenoxy) is 1. The number of hydrogen-bond donors (Lipinski definition) is 4. The van der Waals surface area contributed by atoms with Crippen molar-refractivity contribution in [3.8, 4) is 11.5 Å². The van der Waals surface area contributed by atoms with Gasteiger partial charge in [0.05, 0.1) is 4.92 Å². The zero-order valence-electron chi connectivity index (χ0n) is 17.1. The molecule has 4 N–H and O–H groups in total. The van der Waals surface area contributed by atoms with Crippen LogP contribution in [0, 0.1) is 10.1 Å². The summed E-state index contributed by atoms with van der Waals surface area (Å²) < 4.78 is 5.74. The molecule has 0 radical (unpaired) electrons. The number of hydrogen-bond acceptors (Lipinski definition) is 8. The van der Waals surface area contributed by atoms with Crippen LogP contribution >= 0.6 is 0 Å². The van der Waals surface area contributed by atoms with Gasteiger partial charge in [0.2, 0.25) is 0 Å². The monoisotopic (exact) mass is 436 g/mol. The van der Waals surface area contributed by atoms with Gasteiger partial charge in [-0.2, -0.15) is 0 Å². The Balaban J connectivity index is 0.000000407. The smallest absolute Gasteiger partial charge is 0.335 e. The largest absolute Gasteiger partial charge is 0.479 e. The molecule has 0 unspecified atom stereocenters. The second-order valence-electron chi connectivity index (χ2n) is 6.63. The standard InChI is InChI=1S/C16H18N2O3.C4H6O6/c1-12(17(2)3)13-5-4-6-16(11-13)21-15-9-7-14(8-10-15)18(19)20;5-1(3(7)8)2(6)4(9)10/h4-12H,1-3H3;1-2,5-6H,(H,7,8)(H,9,10)/t12-;1-,2-/m00/s1. The Morgan fingerprint density at radius 1 is 0.968 bits per heavy atom. The molecule has 11 nitrogen and oxygen atoms in total. The number of nitro benzene ring substituents is 1. The van der Waals surface area contributed by atoms with Gasteiger partial charge in [-0.1, -0.05) is 12.1 Å². The molecule has 2 aromatic carbocycles. The van der Waals surface area contributed by atoms with Crippen LogP contribution in [0.2, 0.25) is 0 Å². The first-order valence-corrected chi connectivity index (χ1v) is 8.94. The van der Waals surface area contributed by atoms with E-state index in [4.69, 9.17) is 25.2 Å². The average molecular weight is 436 g/mol. The van der Waals surface area contributed by atoms with Crippen LogP contribution in [0.3, 0.4) is 0 Å². The molecule has 0 spiro atoms. The Kier molecular flexibility index (Phi) is 9.54. The molecule has 168 valence electrons. The van der Waals surface area contributed by atoms with Gasteiger partial charge in [0.15, 0.2) is 12.2 Å². The number of nitrogens with zero attached hydrogens (tertiary/aromatic N) is 2. The van der Waals surface area contributed by atoms with E-state index in [1.54, 1.807) is 12.1 Å². The molecule has 0 amide bonds. The van der Waals surface area contributed by atoms with E-state index in [9.17, 15) is 19.7 Å². The third-order valence-corrected chi connectivity index (χ3v) is 4.20. The number of rotatable bonds is 8. The van der Waals surface area contributed by atoms with Gasteiger partial charge in [-0.15, -0.1) is 0 Å².